The van der Waals surface area contributed by atoms with E-state index in [1.165, 1.54) is 18.1 Å². The Kier molecular flexibility index (Phi) is 3.43. The third-order valence-corrected chi connectivity index (χ3v) is 4.90. The Bertz CT molecular complexity index is 900. The van der Waals surface area contributed by atoms with Gasteiger partial charge in [0.2, 0.25) is 0 Å². The molecule has 0 fully saturated rings. The van der Waals surface area contributed by atoms with Crippen molar-refractivity contribution < 1.29 is 9.53 Å². The van der Waals surface area contributed by atoms with E-state index in [-0.39, 0.29) is 12.0 Å². The van der Waals surface area contributed by atoms with Gasteiger partial charge in [0, 0.05) is 23.0 Å². The first kappa shape index (κ1) is 15.0. The van der Waals surface area contributed by atoms with E-state index in [0.717, 1.165) is 16.8 Å². The van der Waals surface area contributed by atoms with E-state index < -0.39 is 5.54 Å². The minimum atomic E-state index is -0.757. The van der Waals surface area contributed by atoms with Gasteiger partial charge in [0.05, 0.1) is 13.2 Å². The van der Waals surface area contributed by atoms with Crippen molar-refractivity contribution in [2.24, 2.45) is 0 Å². The van der Waals surface area contributed by atoms with Gasteiger partial charge in [-0.2, -0.15) is 0 Å². The second-order valence-electron chi connectivity index (χ2n) is 6.55. The van der Waals surface area contributed by atoms with E-state index in [2.05, 4.69) is 34.6 Å². The Morgan fingerprint density at radius 3 is 2.58 bits per heavy atom. The van der Waals surface area contributed by atoms with Gasteiger partial charge in [-0.3, -0.25) is 10.1 Å². The summed E-state index contributed by atoms with van der Waals surface area (Å²) >= 11 is 0. The van der Waals surface area contributed by atoms with Crippen LogP contribution in [0.2, 0.25) is 0 Å². The third-order valence-electron chi connectivity index (χ3n) is 4.90. The number of para-hydroxylation sites is 1. The molecule has 24 heavy (non-hydrogen) atoms. The van der Waals surface area contributed by atoms with Gasteiger partial charge in [-0.05, 0) is 24.1 Å². The molecule has 4 nitrogen and oxygen atoms in total. The van der Waals surface area contributed by atoms with Crippen LogP contribution in [0.1, 0.15) is 29.8 Å². The largest absolute Gasteiger partial charge is 0.468 e. The molecule has 2 heterocycles. The summed E-state index contributed by atoms with van der Waals surface area (Å²) in [7, 11) is 1.44. The molecular weight excluding hydrogens is 300 g/mol. The molecule has 2 atom stereocenters. The number of rotatable bonds is 2. The normalized spacial score (nSPS) is 23.0. The van der Waals surface area contributed by atoms with Crippen LogP contribution in [0.3, 0.4) is 0 Å². The van der Waals surface area contributed by atoms with E-state index in [1.807, 2.05) is 37.3 Å². The zero-order valence-corrected chi connectivity index (χ0v) is 13.8. The van der Waals surface area contributed by atoms with Crippen molar-refractivity contribution in [3.63, 3.8) is 0 Å². The molecule has 2 aromatic carbocycles. The van der Waals surface area contributed by atoms with Crippen molar-refractivity contribution >= 4 is 16.9 Å². The van der Waals surface area contributed by atoms with Gasteiger partial charge in [-0.1, -0.05) is 48.5 Å². The number of carbonyl (C=O) groups excluding carboxylic acids is 1. The highest BCUT2D eigenvalue weighted by atomic mass is 16.5. The Morgan fingerprint density at radius 2 is 1.83 bits per heavy atom. The van der Waals surface area contributed by atoms with Crippen LogP contribution in [0.15, 0.2) is 54.6 Å². The molecule has 0 saturated heterocycles. The molecule has 0 bridgehead atoms. The fraction of sp³-hybridized carbons (Fsp3) is 0.250. The number of methoxy groups -OCH3 is 1. The van der Waals surface area contributed by atoms with Gasteiger partial charge >= 0.3 is 5.97 Å². The number of nitrogens with one attached hydrogen (secondary N) is 2. The molecular formula is C20H20N2O2. The number of fused-ring (bicyclic) bond motifs is 3. The van der Waals surface area contributed by atoms with Crippen LogP contribution in [0.5, 0.6) is 0 Å². The zero-order valence-electron chi connectivity index (χ0n) is 13.8. The lowest BCUT2D eigenvalue weighted by atomic mass is 9.83. The molecule has 0 spiro atoms. The van der Waals surface area contributed by atoms with Gasteiger partial charge in [0.25, 0.3) is 0 Å². The summed E-state index contributed by atoms with van der Waals surface area (Å²) in [6, 6.07) is 18.4. The van der Waals surface area contributed by atoms with E-state index >= 15 is 0 Å². The molecule has 0 amide bonds. The average molecular weight is 320 g/mol. The second-order valence-corrected chi connectivity index (χ2v) is 6.55. The maximum absolute atomic E-state index is 12.4. The van der Waals surface area contributed by atoms with Crippen molar-refractivity contribution in [1.29, 1.82) is 0 Å². The summed E-state index contributed by atoms with van der Waals surface area (Å²) in [4.78, 5) is 16.0. The number of ether oxygens (including phenoxy) is 1. The highest BCUT2D eigenvalue weighted by molar-refractivity contribution is 5.88. The number of carbonyl (C=O) groups is 1. The predicted octanol–water partition coefficient (Wildman–Crippen LogP) is 3.33. The molecule has 1 aliphatic rings. The molecule has 4 rings (SSSR count). The molecule has 122 valence electrons. The summed E-state index contributed by atoms with van der Waals surface area (Å²) in [6.45, 7) is 1.92. The molecule has 2 N–H and O–H groups in total. The number of aromatic amines is 1. The van der Waals surface area contributed by atoms with E-state index in [4.69, 9.17) is 4.74 Å². The lowest BCUT2D eigenvalue weighted by Crippen LogP contribution is -2.56. The van der Waals surface area contributed by atoms with Gasteiger partial charge in [0.15, 0.2) is 0 Å². The smallest absolute Gasteiger partial charge is 0.326 e. The van der Waals surface area contributed by atoms with Crippen LogP contribution in [-0.4, -0.2) is 23.6 Å². The predicted molar refractivity (Wildman–Crippen MR) is 93.8 cm³/mol. The van der Waals surface area contributed by atoms with Crippen molar-refractivity contribution in [3.8, 4) is 0 Å². The molecule has 0 radical (unpaired) electrons. The average Bonchev–Trinajstić information content (AvgIpc) is 2.99. The summed E-state index contributed by atoms with van der Waals surface area (Å²) in [5.74, 6) is -0.237. The van der Waals surface area contributed by atoms with Crippen molar-refractivity contribution in [3.05, 3.63) is 71.4 Å². The third kappa shape index (κ3) is 2.22. The lowest BCUT2D eigenvalue weighted by Gasteiger charge is -2.37. The first-order chi connectivity index (χ1) is 11.6. The highest BCUT2D eigenvalue weighted by Crippen LogP contribution is 2.38. The fourth-order valence-corrected chi connectivity index (χ4v) is 3.70. The Morgan fingerprint density at radius 1 is 1.12 bits per heavy atom. The van der Waals surface area contributed by atoms with Gasteiger partial charge in [-0.15, -0.1) is 0 Å². The summed E-state index contributed by atoms with van der Waals surface area (Å²) < 4.78 is 5.07. The molecule has 1 aromatic heterocycles. The quantitative estimate of drug-likeness (QED) is 0.712. The van der Waals surface area contributed by atoms with E-state index in [9.17, 15) is 4.79 Å². The monoisotopic (exact) mass is 320 g/mol. The highest BCUT2D eigenvalue weighted by Gasteiger charge is 2.43. The molecule has 0 aliphatic carbocycles. The Labute approximate surface area is 140 Å². The fourth-order valence-electron chi connectivity index (χ4n) is 3.70. The minimum absolute atomic E-state index is 0.0774. The van der Waals surface area contributed by atoms with Gasteiger partial charge < -0.3 is 9.72 Å². The Balaban J connectivity index is 1.93. The summed E-state index contributed by atoms with van der Waals surface area (Å²) in [6.07, 6.45) is 0.600. The number of H-pyrrole nitrogens is 1. The topological polar surface area (TPSA) is 54.1 Å². The van der Waals surface area contributed by atoms with Crippen LogP contribution in [-0.2, 0) is 16.0 Å². The Hall–Kier alpha value is -2.59. The van der Waals surface area contributed by atoms with Crippen molar-refractivity contribution in [2.75, 3.05) is 7.11 Å². The first-order valence-corrected chi connectivity index (χ1v) is 8.13. The summed E-state index contributed by atoms with van der Waals surface area (Å²) in [5.41, 5.74) is 3.78. The first-order valence-electron chi connectivity index (χ1n) is 8.13. The minimum Gasteiger partial charge on any atom is -0.468 e. The number of hydrogen-bond acceptors (Lipinski definition) is 3. The molecule has 1 aliphatic heterocycles. The number of aromatic nitrogens is 1. The zero-order chi connectivity index (χ0) is 16.7. The van der Waals surface area contributed by atoms with Gasteiger partial charge in [-0.25, -0.2) is 0 Å². The van der Waals surface area contributed by atoms with Crippen LogP contribution < -0.4 is 5.32 Å². The van der Waals surface area contributed by atoms with Crippen LogP contribution in [0, 0.1) is 0 Å². The number of hydrogen-bond donors (Lipinski definition) is 2. The van der Waals surface area contributed by atoms with Crippen LogP contribution in [0.4, 0.5) is 0 Å². The molecule has 2 unspecified atom stereocenters. The van der Waals surface area contributed by atoms with E-state index in [1.54, 1.807) is 0 Å². The maximum Gasteiger partial charge on any atom is 0.326 e. The molecule has 4 heteroatoms. The second kappa shape index (κ2) is 5.49. The standard InChI is InChI=1S/C20H20N2O2/c1-20(19(23)24-2)12-15-14-10-6-7-11-16(14)21-18(15)17(22-20)13-8-4-3-5-9-13/h3-11,17,21-22H,12H2,1-2H3. The number of benzene rings is 2. The van der Waals surface area contributed by atoms with Gasteiger partial charge in [0.1, 0.15) is 5.54 Å². The van der Waals surface area contributed by atoms with Crippen LogP contribution >= 0.6 is 0 Å². The van der Waals surface area contributed by atoms with Crippen LogP contribution in [0.25, 0.3) is 10.9 Å². The van der Waals surface area contributed by atoms with Crippen molar-refractivity contribution in [2.45, 2.75) is 24.9 Å². The van der Waals surface area contributed by atoms with Crippen molar-refractivity contribution in [1.82, 2.24) is 10.3 Å². The molecule has 0 saturated carbocycles. The maximum atomic E-state index is 12.4. The van der Waals surface area contributed by atoms with E-state index in [0.29, 0.717) is 6.42 Å². The molecule has 3 aromatic rings. The number of esters is 1. The SMILES string of the molecule is COC(=O)C1(C)Cc2c([nH]c3ccccc23)C(c2ccccc2)N1. The summed E-state index contributed by atoms with van der Waals surface area (Å²) in [5, 5.41) is 4.68. The lowest BCUT2D eigenvalue weighted by molar-refractivity contribution is -0.148.